The van der Waals surface area contributed by atoms with Gasteiger partial charge in [0.1, 0.15) is 0 Å². The van der Waals surface area contributed by atoms with Crippen LogP contribution in [0.5, 0.6) is 0 Å². The average molecular weight is 381 g/mol. The monoisotopic (exact) mass is 380 g/mol. The molecule has 29 heavy (non-hydrogen) atoms. The molecule has 3 aromatic carbocycles. The summed E-state index contributed by atoms with van der Waals surface area (Å²) in [6, 6.07) is 20.9. The molecule has 0 bridgehead atoms. The van der Waals surface area contributed by atoms with Crippen LogP contribution in [0.15, 0.2) is 60.7 Å². The van der Waals surface area contributed by atoms with Gasteiger partial charge in [-0.15, -0.1) is 0 Å². The van der Waals surface area contributed by atoms with E-state index in [1.165, 1.54) is 55.6 Å². The fraction of sp³-hybridized carbons (Fsp3) is 0.310. The Labute approximate surface area is 176 Å². The van der Waals surface area contributed by atoms with Gasteiger partial charge in [-0.1, -0.05) is 80.1 Å². The van der Waals surface area contributed by atoms with Crippen molar-refractivity contribution in [3.05, 3.63) is 111 Å². The molecule has 1 aliphatic rings. The Hall–Kier alpha value is -2.60. The van der Waals surface area contributed by atoms with Gasteiger partial charge >= 0.3 is 0 Å². The van der Waals surface area contributed by atoms with E-state index in [-0.39, 0.29) is 0 Å². The second-order valence-electron chi connectivity index (χ2n) is 8.53. The van der Waals surface area contributed by atoms with E-state index >= 15 is 0 Å². The first-order valence-electron chi connectivity index (χ1n) is 11.1. The Balaban J connectivity index is 1.54. The highest BCUT2D eigenvalue weighted by Gasteiger charge is 2.17. The minimum absolute atomic E-state index is 1.01. The second-order valence-corrected chi connectivity index (χ2v) is 8.53. The van der Waals surface area contributed by atoms with Crippen LogP contribution in [0.3, 0.4) is 0 Å². The Morgan fingerprint density at radius 1 is 0.724 bits per heavy atom. The molecule has 0 spiro atoms. The Morgan fingerprint density at radius 3 is 2.21 bits per heavy atom. The van der Waals surface area contributed by atoms with Crippen LogP contribution in [0.1, 0.15) is 63.9 Å². The second kappa shape index (κ2) is 8.41. The Bertz CT molecular complexity index is 1070. The first-order valence-corrected chi connectivity index (χ1v) is 11.1. The highest BCUT2D eigenvalue weighted by molar-refractivity contribution is 5.76. The highest BCUT2D eigenvalue weighted by atomic mass is 14.2. The van der Waals surface area contributed by atoms with Crippen LogP contribution >= 0.6 is 0 Å². The third kappa shape index (κ3) is 4.22. The van der Waals surface area contributed by atoms with E-state index in [9.17, 15) is 0 Å². The number of benzene rings is 3. The fourth-order valence-electron chi connectivity index (χ4n) is 4.83. The lowest BCUT2D eigenvalue weighted by Crippen LogP contribution is -1.97. The molecule has 0 atom stereocenters. The molecule has 0 fully saturated rings. The molecule has 0 saturated heterocycles. The normalized spacial score (nSPS) is 12.8. The van der Waals surface area contributed by atoms with Gasteiger partial charge < -0.3 is 0 Å². The minimum atomic E-state index is 1.01. The minimum Gasteiger partial charge on any atom is -0.0759 e. The first-order chi connectivity index (χ1) is 14.1. The van der Waals surface area contributed by atoms with Gasteiger partial charge in [0.15, 0.2) is 0 Å². The van der Waals surface area contributed by atoms with Crippen molar-refractivity contribution in [3.63, 3.8) is 0 Å². The van der Waals surface area contributed by atoms with E-state index in [2.05, 4.69) is 88.4 Å². The van der Waals surface area contributed by atoms with Crippen molar-refractivity contribution in [2.45, 2.75) is 59.8 Å². The standard InChI is InChI=1S/C29H32/c1-5-25-11-10-24(18-26(25)6-2)17-22-8-7-9-23(16-22)19-27-12-13-28-21(4)14-20(3)15-29(27)28/h7-12,14-16,18H,5-6,13,17,19H2,1-4H3. The van der Waals surface area contributed by atoms with Crippen LogP contribution in [0, 0.1) is 13.8 Å². The van der Waals surface area contributed by atoms with Gasteiger partial charge in [-0.05, 0) is 96.0 Å². The number of rotatable bonds is 6. The van der Waals surface area contributed by atoms with Gasteiger partial charge in [0, 0.05) is 0 Å². The molecular formula is C29H32. The largest absolute Gasteiger partial charge is 0.0759 e. The van der Waals surface area contributed by atoms with Crippen molar-refractivity contribution >= 4 is 5.57 Å². The molecule has 0 amide bonds. The number of hydrogen-bond acceptors (Lipinski definition) is 0. The molecule has 4 rings (SSSR count). The molecule has 0 aliphatic heterocycles. The summed E-state index contributed by atoms with van der Waals surface area (Å²) in [4.78, 5) is 0. The van der Waals surface area contributed by atoms with Crippen LogP contribution in [0.2, 0.25) is 0 Å². The molecule has 0 heterocycles. The van der Waals surface area contributed by atoms with Crippen molar-refractivity contribution in [3.8, 4) is 0 Å². The number of aryl methyl sites for hydroxylation is 4. The lowest BCUT2D eigenvalue weighted by atomic mass is 9.93. The maximum Gasteiger partial charge on any atom is -0.00227 e. The maximum atomic E-state index is 2.43. The summed E-state index contributed by atoms with van der Waals surface area (Å²) >= 11 is 0. The summed E-state index contributed by atoms with van der Waals surface area (Å²) in [7, 11) is 0. The molecule has 0 nitrogen and oxygen atoms in total. The van der Waals surface area contributed by atoms with Crippen LogP contribution in [-0.4, -0.2) is 0 Å². The van der Waals surface area contributed by atoms with Gasteiger partial charge in [-0.25, -0.2) is 0 Å². The highest BCUT2D eigenvalue weighted by Crippen LogP contribution is 2.33. The molecule has 0 radical (unpaired) electrons. The van der Waals surface area contributed by atoms with Crippen LogP contribution < -0.4 is 0 Å². The van der Waals surface area contributed by atoms with Crippen molar-refractivity contribution in [2.24, 2.45) is 0 Å². The quantitative estimate of drug-likeness (QED) is 0.424. The third-order valence-electron chi connectivity index (χ3n) is 6.34. The van der Waals surface area contributed by atoms with Gasteiger partial charge in [-0.3, -0.25) is 0 Å². The third-order valence-corrected chi connectivity index (χ3v) is 6.34. The molecule has 0 unspecified atom stereocenters. The van der Waals surface area contributed by atoms with E-state index < -0.39 is 0 Å². The van der Waals surface area contributed by atoms with E-state index in [4.69, 9.17) is 0 Å². The topological polar surface area (TPSA) is 0 Å². The van der Waals surface area contributed by atoms with E-state index in [1.54, 1.807) is 0 Å². The van der Waals surface area contributed by atoms with Crippen molar-refractivity contribution < 1.29 is 0 Å². The summed E-state index contributed by atoms with van der Waals surface area (Å²) in [5, 5.41) is 0. The van der Waals surface area contributed by atoms with E-state index in [1.807, 2.05) is 0 Å². The molecule has 0 N–H and O–H groups in total. The number of fused-ring (bicyclic) bond motifs is 1. The van der Waals surface area contributed by atoms with E-state index in [0.29, 0.717) is 0 Å². The van der Waals surface area contributed by atoms with Crippen molar-refractivity contribution in [1.29, 1.82) is 0 Å². The predicted molar refractivity (Wildman–Crippen MR) is 126 cm³/mol. The summed E-state index contributed by atoms with van der Waals surface area (Å²) in [6.45, 7) is 8.96. The van der Waals surface area contributed by atoms with Crippen LogP contribution in [-0.2, 0) is 32.1 Å². The summed E-state index contributed by atoms with van der Waals surface area (Å²) in [5.41, 5.74) is 14.5. The molecule has 0 heteroatoms. The molecule has 0 aromatic heterocycles. The number of allylic oxidation sites excluding steroid dienone is 2. The molecule has 1 aliphatic carbocycles. The zero-order chi connectivity index (χ0) is 20.4. The molecule has 3 aromatic rings. The Kier molecular flexibility index (Phi) is 5.72. The van der Waals surface area contributed by atoms with E-state index in [0.717, 1.165) is 32.1 Å². The average Bonchev–Trinajstić information content (AvgIpc) is 3.11. The van der Waals surface area contributed by atoms with Gasteiger partial charge in [0.25, 0.3) is 0 Å². The SMILES string of the molecule is CCc1ccc(Cc2cccc(CC3=CCc4c(C)cc(C)cc43)c2)cc1CC. The molecule has 0 saturated carbocycles. The predicted octanol–water partition coefficient (Wildman–Crippen LogP) is 7.20. The maximum absolute atomic E-state index is 2.43. The fourth-order valence-corrected chi connectivity index (χ4v) is 4.83. The first kappa shape index (κ1) is 19.7. The smallest absolute Gasteiger partial charge is 0.00227 e. The summed E-state index contributed by atoms with van der Waals surface area (Å²) < 4.78 is 0. The zero-order valence-corrected chi connectivity index (χ0v) is 18.3. The summed E-state index contributed by atoms with van der Waals surface area (Å²) in [6.07, 6.45) is 7.79. The van der Waals surface area contributed by atoms with Crippen molar-refractivity contribution in [1.82, 2.24) is 0 Å². The Morgan fingerprint density at radius 2 is 1.45 bits per heavy atom. The van der Waals surface area contributed by atoms with Gasteiger partial charge in [0.2, 0.25) is 0 Å². The molecular weight excluding hydrogens is 348 g/mol. The van der Waals surface area contributed by atoms with Crippen LogP contribution in [0.4, 0.5) is 0 Å². The zero-order valence-electron chi connectivity index (χ0n) is 18.3. The van der Waals surface area contributed by atoms with Gasteiger partial charge in [0.05, 0.1) is 0 Å². The summed E-state index contributed by atoms with van der Waals surface area (Å²) in [5.74, 6) is 0. The van der Waals surface area contributed by atoms with Crippen LogP contribution in [0.25, 0.3) is 5.57 Å². The molecule has 148 valence electrons. The lowest BCUT2D eigenvalue weighted by Gasteiger charge is -2.12. The lowest BCUT2D eigenvalue weighted by molar-refractivity contribution is 1.02. The van der Waals surface area contributed by atoms with Crippen molar-refractivity contribution in [2.75, 3.05) is 0 Å². The number of hydrogen-bond donors (Lipinski definition) is 0. The van der Waals surface area contributed by atoms with Gasteiger partial charge in [-0.2, -0.15) is 0 Å².